The Hall–Kier alpha value is -3.93. The highest BCUT2D eigenvalue weighted by Gasteiger charge is 2.42. The molecule has 4 rings (SSSR count). The molecule has 2 fully saturated rings. The first-order chi connectivity index (χ1) is 19.3. The van der Waals surface area contributed by atoms with E-state index < -0.39 is 0 Å². The van der Waals surface area contributed by atoms with E-state index in [9.17, 15) is 19.2 Å². The molecule has 3 unspecified atom stereocenters. The van der Waals surface area contributed by atoms with Gasteiger partial charge in [0.1, 0.15) is 0 Å². The van der Waals surface area contributed by atoms with Crippen molar-refractivity contribution < 1.29 is 19.2 Å². The number of nitrogens with zero attached hydrogens (tertiary/aromatic N) is 1. The van der Waals surface area contributed by atoms with Crippen LogP contribution < -0.4 is 32.7 Å². The van der Waals surface area contributed by atoms with Crippen LogP contribution in [0.15, 0.2) is 48.5 Å². The highest BCUT2D eigenvalue weighted by Crippen LogP contribution is 2.33. The summed E-state index contributed by atoms with van der Waals surface area (Å²) in [6.45, 7) is 1.18. The number of anilines is 2. The summed E-state index contributed by atoms with van der Waals surface area (Å²) in [5.41, 5.74) is 13.5. The first-order valence-corrected chi connectivity index (χ1v) is 14.6. The second-order valence-electron chi connectivity index (χ2n) is 10.0. The number of urea groups is 1. The van der Waals surface area contributed by atoms with Crippen LogP contribution in [0.25, 0.3) is 0 Å². The van der Waals surface area contributed by atoms with Crippen molar-refractivity contribution in [2.24, 2.45) is 0 Å². The van der Waals surface area contributed by atoms with Gasteiger partial charge in [0, 0.05) is 66.1 Å². The summed E-state index contributed by atoms with van der Waals surface area (Å²) < 4.78 is 0. The highest BCUT2D eigenvalue weighted by atomic mass is 32.2. The van der Waals surface area contributed by atoms with Gasteiger partial charge in [0.25, 0.3) is 11.8 Å². The van der Waals surface area contributed by atoms with Gasteiger partial charge in [0.15, 0.2) is 0 Å². The summed E-state index contributed by atoms with van der Waals surface area (Å²) in [5, 5.41) is 12.0. The van der Waals surface area contributed by atoms with E-state index in [0.29, 0.717) is 47.3 Å². The predicted octanol–water partition coefficient (Wildman–Crippen LogP) is 1.57. The molecule has 0 bridgehead atoms. The predicted molar refractivity (Wildman–Crippen MR) is 157 cm³/mol. The molecule has 0 saturated carbocycles. The molecule has 2 aliphatic rings. The van der Waals surface area contributed by atoms with E-state index >= 15 is 0 Å². The van der Waals surface area contributed by atoms with Crippen molar-refractivity contribution in [3.63, 3.8) is 0 Å². The normalized spacial score (nSPS) is 19.3. The Labute approximate surface area is 238 Å². The van der Waals surface area contributed by atoms with Gasteiger partial charge in [-0.1, -0.05) is 6.42 Å². The summed E-state index contributed by atoms with van der Waals surface area (Å²) in [6.07, 6.45) is 2.89. The van der Waals surface area contributed by atoms with Gasteiger partial charge in [-0.3, -0.25) is 14.4 Å². The van der Waals surface area contributed by atoms with Crippen molar-refractivity contribution in [2.75, 3.05) is 43.4 Å². The molecule has 0 radical (unpaired) electrons. The lowest BCUT2D eigenvalue weighted by Crippen LogP contribution is -2.42. The minimum absolute atomic E-state index is 0.0312. The molecule has 0 aromatic heterocycles. The summed E-state index contributed by atoms with van der Waals surface area (Å²) in [6, 6.07) is 13.5. The number of nitrogens with one attached hydrogen (secondary N) is 4. The number of benzene rings is 2. The first kappa shape index (κ1) is 29.1. The van der Waals surface area contributed by atoms with Crippen molar-refractivity contribution >= 4 is 46.9 Å². The Kier molecular flexibility index (Phi) is 10.1. The quantitative estimate of drug-likeness (QED) is 0.121. The molecule has 214 valence electrons. The zero-order valence-corrected chi connectivity index (χ0v) is 23.2. The van der Waals surface area contributed by atoms with E-state index in [1.807, 2.05) is 11.8 Å². The monoisotopic (exact) mass is 567 g/mol. The van der Waals surface area contributed by atoms with Gasteiger partial charge in [-0.05, 0) is 61.4 Å². The number of hydrogen-bond donors (Lipinski definition) is 6. The third-order valence-corrected chi connectivity index (χ3v) is 8.61. The van der Waals surface area contributed by atoms with Gasteiger partial charge >= 0.3 is 6.03 Å². The Bertz CT molecular complexity index is 1130. The van der Waals surface area contributed by atoms with Crippen molar-refractivity contribution in [1.29, 1.82) is 0 Å². The Morgan fingerprint density at radius 1 is 0.850 bits per heavy atom. The molecule has 2 aliphatic heterocycles. The molecule has 2 aromatic rings. The van der Waals surface area contributed by atoms with Crippen LogP contribution in [0.2, 0.25) is 0 Å². The minimum Gasteiger partial charge on any atom is -0.399 e. The molecule has 2 saturated heterocycles. The van der Waals surface area contributed by atoms with Crippen LogP contribution in [-0.4, -0.2) is 77.9 Å². The number of hydrogen-bond acceptors (Lipinski definition) is 7. The maximum atomic E-state index is 13.1. The van der Waals surface area contributed by atoms with Gasteiger partial charge in [-0.25, -0.2) is 4.79 Å². The summed E-state index contributed by atoms with van der Waals surface area (Å²) in [5.74, 6) is 0.386. The number of nitrogens with two attached hydrogens (primary N) is 2. The number of fused-ring (bicyclic) bond motifs is 1. The molecule has 5 amide bonds. The third kappa shape index (κ3) is 8.04. The molecule has 12 heteroatoms. The number of rotatable bonds is 13. The van der Waals surface area contributed by atoms with Crippen LogP contribution in [0.5, 0.6) is 0 Å². The molecule has 0 aliphatic carbocycles. The summed E-state index contributed by atoms with van der Waals surface area (Å²) >= 11 is 1.86. The van der Waals surface area contributed by atoms with Crippen molar-refractivity contribution in [3.05, 3.63) is 59.7 Å². The fraction of sp³-hybridized carbons (Fsp3) is 0.429. The highest BCUT2D eigenvalue weighted by molar-refractivity contribution is 8.00. The number of carbonyl (C=O) groups excluding carboxylic acids is 4. The maximum absolute atomic E-state index is 13.1. The van der Waals surface area contributed by atoms with Gasteiger partial charge in [0.05, 0.1) is 12.1 Å². The molecule has 2 heterocycles. The zero-order chi connectivity index (χ0) is 28.5. The molecule has 0 spiro atoms. The SMILES string of the molecule is Nc1ccc(C(=O)NCCN(CCNC(=O)c2ccc(N)cc2)C(=O)CCCCC2SCC3NC(=O)NC32)cc1. The fourth-order valence-electron chi connectivity index (χ4n) is 4.87. The topological polar surface area (TPSA) is 172 Å². The van der Waals surface area contributed by atoms with E-state index in [-0.39, 0.29) is 48.9 Å². The van der Waals surface area contributed by atoms with E-state index in [1.165, 1.54) is 0 Å². The fourth-order valence-corrected chi connectivity index (χ4v) is 6.41. The Morgan fingerprint density at radius 3 is 1.95 bits per heavy atom. The number of amides is 5. The van der Waals surface area contributed by atoms with Gasteiger partial charge in [0.2, 0.25) is 5.91 Å². The lowest BCUT2D eigenvalue weighted by molar-refractivity contribution is -0.131. The summed E-state index contributed by atoms with van der Waals surface area (Å²) in [4.78, 5) is 51.4. The molecule has 2 aromatic carbocycles. The lowest BCUT2D eigenvalue weighted by atomic mass is 10.0. The van der Waals surface area contributed by atoms with Gasteiger partial charge < -0.3 is 37.6 Å². The van der Waals surface area contributed by atoms with Gasteiger partial charge in [-0.2, -0.15) is 11.8 Å². The first-order valence-electron chi connectivity index (χ1n) is 13.5. The zero-order valence-electron chi connectivity index (χ0n) is 22.4. The Morgan fingerprint density at radius 2 is 1.40 bits per heavy atom. The molecule has 40 heavy (non-hydrogen) atoms. The Balaban J connectivity index is 1.24. The molecular formula is C28H37N7O4S. The van der Waals surface area contributed by atoms with Crippen molar-refractivity contribution in [3.8, 4) is 0 Å². The van der Waals surface area contributed by atoms with Crippen LogP contribution in [0, 0.1) is 0 Å². The number of carbonyl (C=O) groups is 4. The third-order valence-electron chi connectivity index (χ3n) is 7.10. The number of unbranched alkanes of at least 4 members (excludes halogenated alkanes) is 1. The molecule has 3 atom stereocenters. The smallest absolute Gasteiger partial charge is 0.315 e. The maximum Gasteiger partial charge on any atom is 0.315 e. The average molecular weight is 568 g/mol. The molecule has 8 N–H and O–H groups in total. The van der Waals surface area contributed by atoms with Crippen LogP contribution in [0.3, 0.4) is 0 Å². The average Bonchev–Trinajstić information content (AvgIpc) is 3.49. The largest absolute Gasteiger partial charge is 0.399 e. The number of thioether (sulfide) groups is 1. The summed E-state index contributed by atoms with van der Waals surface area (Å²) in [7, 11) is 0. The van der Waals surface area contributed by atoms with Crippen LogP contribution in [-0.2, 0) is 4.79 Å². The van der Waals surface area contributed by atoms with E-state index in [0.717, 1.165) is 25.0 Å². The van der Waals surface area contributed by atoms with Crippen molar-refractivity contribution in [2.45, 2.75) is 43.0 Å². The minimum atomic E-state index is -0.245. The van der Waals surface area contributed by atoms with Crippen molar-refractivity contribution in [1.82, 2.24) is 26.2 Å². The van der Waals surface area contributed by atoms with Crippen LogP contribution in [0.4, 0.5) is 16.2 Å². The second-order valence-corrected chi connectivity index (χ2v) is 11.3. The number of nitrogen functional groups attached to an aromatic ring is 2. The second kappa shape index (κ2) is 13.9. The van der Waals surface area contributed by atoms with E-state index in [2.05, 4.69) is 21.3 Å². The standard InChI is InChI=1S/C28H37N7O4S/c29-20-9-5-18(6-10-20)26(37)31-13-15-35(16-14-32-27(38)19-7-11-21(30)12-8-19)24(36)4-2-1-3-23-25-22(17-40-23)33-28(39)34-25/h5-12,22-23,25H,1-4,13-17,29-30H2,(H,31,37)(H,32,38)(H2,33,34,39). The van der Waals surface area contributed by atoms with Crippen LogP contribution in [0.1, 0.15) is 46.4 Å². The van der Waals surface area contributed by atoms with Crippen LogP contribution >= 0.6 is 11.8 Å². The molecule has 11 nitrogen and oxygen atoms in total. The molecular weight excluding hydrogens is 530 g/mol. The lowest BCUT2D eigenvalue weighted by Gasteiger charge is -2.23. The van der Waals surface area contributed by atoms with E-state index in [4.69, 9.17) is 11.5 Å². The van der Waals surface area contributed by atoms with Gasteiger partial charge in [-0.15, -0.1) is 0 Å². The van der Waals surface area contributed by atoms with E-state index in [1.54, 1.807) is 53.4 Å².